The van der Waals surface area contributed by atoms with Crippen LogP contribution in [0.15, 0.2) is 47.4 Å². The van der Waals surface area contributed by atoms with E-state index in [9.17, 15) is 26.4 Å². The van der Waals surface area contributed by atoms with Crippen molar-refractivity contribution in [2.75, 3.05) is 13.1 Å². The van der Waals surface area contributed by atoms with Gasteiger partial charge in [0.15, 0.2) is 0 Å². The van der Waals surface area contributed by atoms with Gasteiger partial charge >= 0.3 is 12.1 Å². The van der Waals surface area contributed by atoms with Crippen molar-refractivity contribution in [2.45, 2.75) is 38.4 Å². The molecule has 0 saturated carbocycles. The Labute approximate surface area is 168 Å². The van der Waals surface area contributed by atoms with Crippen molar-refractivity contribution < 1.29 is 31.1 Å². The Morgan fingerprint density at radius 3 is 2.31 bits per heavy atom. The lowest BCUT2D eigenvalue weighted by molar-refractivity contribution is -0.137. The van der Waals surface area contributed by atoms with Gasteiger partial charge in [0.25, 0.3) is 0 Å². The van der Waals surface area contributed by atoms with Crippen LogP contribution in [0.5, 0.6) is 0 Å². The summed E-state index contributed by atoms with van der Waals surface area (Å²) < 4.78 is 70.2. The summed E-state index contributed by atoms with van der Waals surface area (Å²) in [7, 11) is -3.78. The molecule has 2 rings (SSSR count). The largest absolute Gasteiger partial charge is 0.457 e. The van der Waals surface area contributed by atoms with Crippen molar-refractivity contribution in [3.05, 3.63) is 64.7 Å². The molecule has 9 heteroatoms. The number of benzene rings is 2. The molecule has 0 heterocycles. The van der Waals surface area contributed by atoms with Crippen LogP contribution in [0.1, 0.15) is 40.9 Å². The molecule has 0 amide bonds. The highest BCUT2D eigenvalue weighted by Gasteiger charge is 2.30. The molecular weight excluding hydrogens is 407 g/mol. The van der Waals surface area contributed by atoms with Gasteiger partial charge < -0.3 is 4.74 Å². The first-order valence-corrected chi connectivity index (χ1v) is 10.4. The second kappa shape index (κ2) is 8.96. The summed E-state index contributed by atoms with van der Waals surface area (Å²) in [6.07, 6.45) is -4.50. The maximum absolute atomic E-state index is 12.8. The molecule has 0 aliphatic rings. The van der Waals surface area contributed by atoms with Gasteiger partial charge in [-0.05, 0) is 42.3 Å². The van der Waals surface area contributed by atoms with Crippen LogP contribution in [0.3, 0.4) is 0 Å². The molecule has 0 N–H and O–H groups in total. The molecule has 0 aliphatic heterocycles. The topological polar surface area (TPSA) is 63.7 Å². The fraction of sp³-hybridized carbons (Fsp3) is 0.350. The number of hydrogen-bond acceptors (Lipinski definition) is 4. The minimum absolute atomic E-state index is 0.00489. The number of carbonyl (C=O) groups excluding carboxylic acids is 1. The van der Waals surface area contributed by atoms with E-state index in [-0.39, 0.29) is 35.7 Å². The van der Waals surface area contributed by atoms with Crippen LogP contribution in [0.25, 0.3) is 0 Å². The van der Waals surface area contributed by atoms with Crippen LogP contribution in [0, 0.1) is 6.92 Å². The van der Waals surface area contributed by atoms with E-state index in [0.29, 0.717) is 5.56 Å². The standard InChI is InChI=1S/C20H22F3NO4S/c1-4-24(5-2)29(26,27)18-12-16(10-9-14(18)3)19(25)28-13-15-7-6-8-17(11-15)20(21,22)23/h6-12H,4-5,13H2,1-3H3. The Kier molecular flexibility index (Phi) is 7.07. The Bertz CT molecular complexity index is 983. The lowest BCUT2D eigenvalue weighted by Gasteiger charge is -2.20. The van der Waals surface area contributed by atoms with E-state index in [1.54, 1.807) is 20.8 Å². The van der Waals surface area contributed by atoms with E-state index in [0.717, 1.165) is 12.1 Å². The molecular formula is C20H22F3NO4S. The smallest absolute Gasteiger partial charge is 0.416 e. The third-order valence-electron chi connectivity index (χ3n) is 4.37. The molecule has 29 heavy (non-hydrogen) atoms. The number of rotatable bonds is 7. The third kappa shape index (κ3) is 5.36. The number of carbonyl (C=O) groups is 1. The lowest BCUT2D eigenvalue weighted by atomic mass is 10.1. The van der Waals surface area contributed by atoms with Crippen molar-refractivity contribution >= 4 is 16.0 Å². The molecule has 158 valence electrons. The summed E-state index contributed by atoms with van der Waals surface area (Å²) in [5.41, 5.74) is -0.176. The van der Waals surface area contributed by atoms with E-state index < -0.39 is 27.7 Å². The molecule has 2 aromatic rings. The first-order valence-electron chi connectivity index (χ1n) is 8.94. The average molecular weight is 429 g/mol. The van der Waals surface area contributed by atoms with E-state index in [1.807, 2.05) is 0 Å². The van der Waals surface area contributed by atoms with E-state index in [2.05, 4.69) is 0 Å². The average Bonchev–Trinajstić information content (AvgIpc) is 2.66. The summed E-state index contributed by atoms with van der Waals surface area (Å²) in [6, 6.07) is 8.62. The minimum atomic E-state index is -4.50. The summed E-state index contributed by atoms with van der Waals surface area (Å²) in [5, 5.41) is 0. The second-order valence-corrected chi connectivity index (χ2v) is 8.25. The summed E-state index contributed by atoms with van der Waals surface area (Å²) in [5.74, 6) is -0.821. The van der Waals surface area contributed by atoms with Gasteiger partial charge in [-0.25, -0.2) is 13.2 Å². The van der Waals surface area contributed by atoms with Gasteiger partial charge in [0.1, 0.15) is 6.61 Å². The zero-order valence-electron chi connectivity index (χ0n) is 16.3. The molecule has 5 nitrogen and oxygen atoms in total. The summed E-state index contributed by atoms with van der Waals surface area (Å²) in [4.78, 5) is 12.3. The van der Waals surface area contributed by atoms with E-state index in [1.165, 1.54) is 34.6 Å². The predicted molar refractivity (Wildman–Crippen MR) is 102 cm³/mol. The molecule has 0 fully saturated rings. The molecule has 2 aromatic carbocycles. The number of nitrogens with zero attached hydrogens (tertiary/aromatic N) is 1. The van der Waals surface area contributed by atoms with Gasteiger partial charge in [-0.2, -0.15) is 17.5 Å². The number of esters is 1. The highest BCUT2D eigenvalue weighted by Crippen LogP contribution is 2.29. The molecule has 0 atom stereocenters. The molecule has 0 bridgehead atoms. The molecule has 0 unspecified atom stereocenters. The number of hydrogen-bond donors (Lipinski definition) is 0. The molecule has 0 saturated heterocycles. The van der Waals surface area contributed by atoms with Crippen LogP contribution >= 0.6 is 0 Å². The molecule has 0 spiro atoms. The van der Waals surface area contributed by atoms with Crippen molar-refractivity contribution in [3.63, 3.8) is 0 Å². The van der Waals surface area contributed by atoms with E-state index >= 15 is 0 Å². The SMILES string of the molecule is CCN(CC)S(=O)(=O)c1cc(C(=O)OCc2cccc(C(F)(F)F)c2)ccc1C. The Morgan fingerprint density at radius 2 is 1.72 bits per heavy atom. The fourth-order valence-corrected chi connectivity index (χ4v) is 4.49. The number of alkyl halides is 3. The Hall–Kier alpha value is -2.39. The maximum atomic E-state index is 12.8. The highest BCUT2D eigenvalue weighted by atomic mass is 32.2. The van der Waals surface area contributed by atoms with Crippen LogP contribution in [-0.4, -0.2) is 31.8 Å². The van der Waals surface area contributed by atoms with E-state index in [4.69, 9.17) is 4.74 Å². The van der Waals surface area contributed by atoms with Gasteiger partial charge in [-0.1, -0.05) is 32.0 Å². The van der Waals surface area contributed by atoms with Gasteiger partial charge in [0, 0.05) is 13.1 Å². The van der Waals surface area contributed by atoms with Crippen molar-refractivity contribution in [1.82, 2.24) is 4.31 Å². The molecule has 0 aromatic heterocycles. The van der Waals surface area contributed by atoms with Crippen molar-refractivity contribution in [2.24, 2.45) is 0 Å². The second-order valence-electron chi connectivity index (χ2n) is 6.34. The van der Waals surface area contributed by atoms with Crippen LogP contribution in [0.4, 0.5) is 13.2 Å². The number of halogens is 3. The zero-order valence-corrected chi connectivity index (χ0v) is 17.1. The minimum Gasteiger partial charge on any atom is -0.457 e. The lowest BCUT2D eigenvalue weighted by Crippen LogP contribution is -2.31. The van der Waals surface area contributed by atoms with Crippen LogP contribution in [-0.2, 0) is 27.5 Å². The van der Waals surface area contributed by atoms with Crippen molar-refractivity contribution in [3.8, 4) is 0 Å². The van der Waals surface area contributed by atoms with Gasteiger partial charge in [0.05, 0.1) is 16.0 Å². The Balaban J connectivity index is 2.23. The monoisotopic (exact) mass is 429 g/mol. The van der Waals surface area contributed by atoms with Crippen molar-refractivity contribution in [1.29, 1.82) is 0 Å². The highest BCUT2D eigenvalue weighted by molar-refractivity contribution is 7.89. The predicted octanol–water partition coefficient (Wildman–Crippen LogP) is 4.40. The number of ether oxygens (including phenoxy) is 1. The third-order valence-corrected chi connectivity index (χ3v) is 6.56. The zero-order chi connectivity index (χ0) is 21.8. The quantitative estimate of drug-likeness (QED) is 0.612. The number of sulfonamides is 1. The fourth-order valence-electron chi connectivity index (χ4n) is 2.78. The van der Waals surface area contributed by atoms with Gasteiger partial charge in [-0.15, -0.1) is 0 Å². The summed E-state index contributed by atoms with van der Waals surface area (Å²) in [6.45, 7) is 5.24. The first kappa shape index (κ1) is 22.9. The van der Waals surface area contributed by atoms with Gasteiger partial charge in [-0.3, -0.25) is 0 Å². The number of aryl methyl sites for hydroxylation is 1. The summed E-state index contributed by atoms with van der Waals surface area (Å²) >= 11 is 0. The molecule has 0 aliphatic carbocycles. The van der Waals surface area contributed by atoms with Crippen LogP contribution in [0.2, 0.25) is 0 Å². The van der Waals surface area contributed by atoms with Gasteiger partial charge in [0.2, 0.25) is 10.0 Å². The van der Waals surface area contributed by atoms with Crippen LogP contribution < -0.4 is 0 Å². The first-order chi connectivity index (χ1) is 13.5. The maximum Gasteiger partial charge on any atom is 0.416 e. The Morgan fingerprint density at radius 1 is 1.07 bits per heavy atom. The normalized spacial score (nSPS) is 12.2. The molecule has 0 radical (unpaired) electrons.